The molecule has 0 spiro atoms. The second-order valence-corrected chi connectivity index (χ2v) is 23.1. The minimum Gasteiger partial charge on any atom is -0.457 e. The van der Waals surface area contributed by atoms with Crippen molar-refractivity contribution in [2.45, 2.75) is 10.8 Å². The summed E-state index contributed by atoms with van der Waals surface area (Å²) in [5, 5.41) is 0. The second kappa shape index (κ2) is 23.1. The van der Waals surface area contributed by atoms with E-state index in [0.717, 1.165) is 107 Å². The molecule has 2 atom stereocenters. The van der Waals surface area contributed by atoms with Crippen LogP contribution in [-0.2, 0) is 10.8 Å². The van der Waals surface area contributed by atoms with Gasteiger partial charge in [0.2, 0.25) is 0 Å². The van der Waals surface area contributed by atoms with Crippen LogP contribution < -0.4 is 14.4 Å². The molecule has 0 bridgehead atoms. The smallest absolute Gasteiger partial charge is 0.127 e. The first-order chi connectivity index (χ1) is 45.0. The van der Waals surface area contributed by atoms with E-state index in [0.29, 0.717) is 45.5 Å². The number of ether oxygens (including phenoxy) is 2. The third-order valence-electron chi connectivity index (χ3n) is 17.9. The quantitative estimate of drug-likeness (QED) is 0.0955. The summed E-state index contributed by atoms with van der Waals surface area (Å²) in [5.41, 5.74) is 14.1. The van der Waals surface area contributed by atoms with Crippen LogP contribution in [0.25, 0.3) is 56.7 Å². The third-order valence-corrected chi connectivity index (χ3v) is 17.9. The van der Waals surface area contributed by atoms with Crippen LogP contribution in [0.2, 0.25) is 0 Å². The Labute approximate surface area is 530 Å². The summed E-state index contributed by atoms with van der Waals surface area (Å²) >= 11 is 0. The van der Waals surface area contributed by atoms with E-state index in [9.17, 15) is 4.39 Å². The Morgan fingerprint density at radius 3 is 1.03 bits per heavy atom. The minimum absolute atomic E-state index is 0.314. The number of hydrogen-bond donors (Lipinski definition) is 0. The number of hydrogen-bond acceptors (Lipinski definition) is 3. The van der Waals surface area contributed by atoms with Crippen LogP contribution in [-0.4, -0.2) is 0 Å². The molecule has 0 heterocycles. The van der Waals surface area contributed by atoms with Gasteiger partial charge in [-0.15, -0.1) is 0 Å². The van der Waals surface area contributed by atoms with E-state index in [1.54, 1.807) is 24.3 Å². The van der Waals surface area contributed by atoms with Crippen molar-refractivity contribution in [1.82, 2.24) is 0 Å². The molecular formula is C84H54F5NO2. The molecule has 0 saturated carbocycles. The molecule has 13 aromatic carbocycles. The minimum atomic E-state index is -1.29. The van der Waals surface area contributed by atoms with Gasteiger partial charge >= 0.3 is 0 Å². The fourth-order valence-corrected chi connectivity index (χ4v) is 13.9. The van der Waals surface area contributed by atoms with Gasteiger partial charge < -0.3 is 14.4 Å². The molecule has 2 unspecified atom stereocenters. The van der Waals surface area contributed by atoms with E-state index < -0.39 is 34.1 Å². The van der Waals surface area contributed by atoms with Crippen LogP contribution in [0.1, 0.15) is 55.6 Å². The Kier molecular flexibility index (Phi) is 14.3. The number of halogens is 5. The van der Waals surface area contributed by atoms with E-state index >= 15 is 17.6 Å². The Morgan fingerprint density at radius 1 is 0.272 bits per heavy atom. The summed E-state index contributed by atoms with van der Waals surface area (Å²) in [6.45, 7) is 7.76. The van der Waals surface area contributed by atoms with Gasteiger partial charge in [-0.3, -0.25) is 0 Å². The highest BCUT2D eigenvalue weighted by Gasteiger charge is 2.49. The summed E-state index contributed by atoms with van der Waals surface area (Å²) in [6.07, 6.45) is 3.53. The van der Waals surface area contributed by atoms with Crippen LogP contribution >= 0.6 is 0 Å². The zero-order valence-corrected chi connectivity index (χ0v) is 49.4. The largest absolute Gasteiger partial charge is 0.457 e. The first kappa shape index (κ1) is 56.9. The molecule has 0 N–H and O–H groups in total. The normalized spacial score (nSPS) is 15.0. The number of anilines is 3. The van der Waals surface area contributed by atoms with Gasteiger partial charge in [0.15, 0.2) is 0 Å². The number of nitrogens with zero attached hydrogens (tertiary/aromatic N) is 1. The SMILES string of the molecule is C=Cc1ccc(Oc2ccc(C3(c4cc(F)cc(F)c4)c4ccccc4-c4ccc(N(c5ccc(-c6cccc(-c7ccc(F)cc7)c6)cc5)c5ccc6c(c5)C(c5ccc(Oc7ccc(C=C)cc7)cc5)(c5cc(F)cc(F)c5)c5ccccc5-6)cc43)cc2)cc1. The summed E-state index contributed by atoms with van der Waals surface area (Å²) in [7, 11) is 0. The molecule has 0 aromatic heterocycles. The second-order valence-electron chi connectivity index (χ2n) is 23.1. The van der Waals surface area contributed by atoms with E-state index in [-0.39, 0.29) is 5.82 Å². The summed E-state index contributed by atoms with van der Waals surface area (Å²) < 4.78 is 91.5. The van der Waals surface area contributed by atoms with Crippen molar-refractivity contribution >= 4 is 29.2 Å². The van der Waals surface area contributed by atoms with Gasteiger partial charge in [0, 0.05) is 29.2 Å². The van der Waals surface area contributed by atoms with Crippen molar-refractivity contribution in [3.8, 4) is 67.5 Å². The van der Waals surface area contributed by atoms with Crippen LogP contribution in [0.15, 0.2) is 304 Å². The van der Waals surface area contributed by atoms with Gasteiger partial charge in [-0.1, -0.05) is 177 Å². The Hall–Kier alpha value is -11.6. The van der Waals surface area contributed by atoms with Crippen molar-refractivity contribution in [3.63, 3.8) is 0 Å². The van der Waals surface area contributed by atoms with Crippen molar-refractivity contribution < 1.29 is 31.4 Å². The summed E-state index contributed by atoms with van der Waals surface area (Å²) in [4.78, 5) is 2.16. The molecular weight excluding hydrogens is 1150 g/mol. The maximum absolute atomic E-state index is 16.2. The van der Waals surface area contributed by atoms with Crippen LogP contribution in [0.4, 0.5) is 39.0 Å². The fraction of sp³-hybridized carbons (Fsp3) is 0.0238. The monoisotopic (exact) mass is 1200 g/mol. The number of rotatable bonds is 15. The van der Waals surface area contributed by atoms with Crippen molar-refractivity contribution in [2.75, 3.05) is 4.90 Å². The Morgan fingerprint density at radius 2 is 0.630 bits per heavy atom. The molecule has 0 radical (unpaired) electrons. The highest BCUT2D eigenvalue weighted by molar-refractivity contribution is 5.93. The lowest BCUT2D eigenvalue weighted by Crippen LogP contribution is -2.29. The van der Waals surface area contributed by atoms with Crippen molar-refractivity contribution in [2.24, 2.45) is 0 Å². The molecule has 2 aliphatic carbocycles. The maximum Gasteiger partial charge on any atom is 0.127 e. The lowest BCUT2D eigenvalue weighted by Gasteiger charge is -2.36. The van der Waals surface area contributed by atoms with Crippen LogP contribution in [0.3, 0.4) is 0 Å². The molecule has 0 fully saturated rings. The lowest BCUT2D eigenvalue weighted by molar-refractivity contribution is 0.482. The van der Waals surface area contributed by atoms with Crippen molar-refractivity contribution in [3.05, 3.63) is 389 Å². The zero-order chi connectivity index (χ0) is 62.7. The average Bonchev–Trinajstić information content (AvgIpc) is 1.53. The van der Waals surface area contributed by atoms with Crippen LogP contribution in [0.5, 0.6) is 23.0 Å². The van der Waals surface area contributed by atoms with Gasteiger partial charge in [0.1, 0.15) is 52.1 Å². The highest BCUT2D eigenvalue weighted by Crippen LogP contribution is 2.60. The maximum atomic E-state index is 16.2. The van der Waals surface area contributed by atoms with E-state index in [1.165, 1.54) is 36.4 Å². The standard InChI is InChI=1S/C84H54F5NO2/c1-3-53-16-34-71(35-17-53)91-73-38-24-59(25-39-73)83(61-45-64(86)49-65(87)46-61)79-14-7-5-12-75(79)77-42-32-69(51-81(77)83)90(68-30-22-56(23-31-68)58-11-9-10-57(44-58)55-20-28-63(85)29-21-55)70-33-43-78-76-13-6-8-15-80(76)84(82(78)52-70,62-47-66(88)50-67(89)48-62)60-26-40-74(41-27-60)92-72-36-18-54(4-2)19-37-72/h3-52H,1-2H2. The topological polar surface area (TPSA) is 21.7 Å². The molecule has 92 heavy (non-hydrogen) atoms. The molecule has 15 rings (SSSR count). The molecule has 3 nitrogen and oxygen atoms in total. The summed E-state index contributed by atoms with van der Waals surface area (Å²) in [6, 6.07) is 89.3. The predicted octanol–water partition coefficient (Wildman–Crippen LogP) is 22.8. The molecule has 0 aliphatic heterocycles. The Balaban J connectivity index is 0.941. The van der Waals surface area contributed by atoms with Gasteiger partial charge in [-0.2, -0.15) is 0 Å². The van der Waals surface area contributed by atoms with Gasteiger partial charge in [0.05, 0.1) is 10.8 Å². The third kappa shape index (κ3) is 9.84. The molecule has 8 heteroatoms. The first-order valence-corrected chi connectivity index (χ1v) is 30.2. The Bertz CT molecular complexity index is 4720. The van der Waals surface area contributed by atoms with Gasteiger partial charge in [-0.05, 0) is 228 Å². The average molecular weight is 1200 g/mol. The molecule has 2 aliphatic rings. The van der Waals surface area contributed by atoms with Gasteiger partial charge in [0.25, 0.3) is 0 Å². The predicted molar refractivity (Wildman–Crippen MR) is 360 cm³/mol. The first-order valence-electron chi connectivity index (χ1n) is 30.2. The zero-order valence-electron chi connectivity index (χ0n) is 49.4. The fourth-order valence-electron chi connectivity index (χ4n) is 13.9. The van der Waals surface area contributed by atoms with E-state index in [1.807, 2.05) is 164 Å². The van der Waals surface area contributed by atoms with E-state index in [2.05, 4.69) is 84.8 Å². The molecule has 13 aromatic rings. The van der Waals surface area contributed by atoms with Gasteiger partial charge in [-0.25, -0.2) is 22.0 Å². The number of fused-ring (bicyclic) bond motifs is 6. The molecule has 442 valence electrons. The lowest BCUT2D eigenvalue weighted by atomic mass is 9.67. The summed E-state index contributed by atoms with van der Waals surface area (Å²) in [5.74, 6) is -0.838. The number of benzene rings is 13. The van der Waals surface area contributed by atoms with E-state index in [4.69, 9.17) is 9.47 Å². The highest BCUT2D eigenvalue weighted by atomic mass is 19.1. The molecule has 0 saturated heterocycles. The van der Waals surface area contributed by atoms with Crippen molar-refractivity contribution in [1.29, 1.82) is 0 Å². The molecule has 0 amide bonds. The van der Waals surface area contributed by atoms with Crippen LogP contribution in [0, 0.1) is 29.1 Å².